The zero-order valence-electron chi connectivity index (χ0n) is 11.9. The maximum absolute atomic E-state index is 9.94. The van der Waals surface area contributed by atoms with Crippen molar-refractivity contribution in [2.24, 2.45) is 0 Å². The van der Waals surface area contributed by atoms with Gasteiger partial charge in [0.05, 0.1) is 5.69 Å². The molecule has 0 aliphatic rings. The van der Waals surface area contributed by atoms with Crippen LogP contribution in [-0.2, 0) is 0 Å². The summed E-state index contributed by atoms with van der Waals surface area (Å²) in [5, 5.41) is 13.2. The van der Waals surface area contributed by atoms with Gasteiger partial charge in [-0.1, -0.05) is 22.0 Å². The fraction of sp³-hybridized carbons (Fsp3) is 0.312. The molecule has 1 heterocycles. The lowest BCUT2D eigenvalue weighted by atomic mass is 10.2. The molecule has 0 spiro atoms. The number of hydrogen-bond acceptors (Lipinski definition) is 4. The molecule has 0 aliphatic carbocycles. The lowest BCUT2D eigenvalue weighted by Crippen LogP contribution is -2.33. The van der Waals surface area contributed by atoms with Crippen molar-refractivity contribution < 1.29 is 9.84 Å². The van der Waals surface area contributed by atoms with E-state index in [2.05, 4.69) is 26.2 Å². The number of nitrogens with one attached hydrogen (secondary N) is 1. The van der Waals surface area contributed by atoms with Crippen LogP contribution >= 0.6 is 15.9 Å². The fourth-order valence-corrected chi connectivity index (χ4v) is 2.10. The van der Waals surface area contributed by atoms with Crippen molar-refractivity contribution in [3.8, 4) is 5.75 Å². The molecule has 2 rings (SSSR count). The van der Waals surface area contributed by atoms with E-state index in [0.29, 0.717) is 6.54 Å². The normalized spacial score (nSPS) is 13.7. The smallest absolute Gasteiger partial charge is 0.119 e. The molecule has 0 saturated heterocycles. The molecule has 0 amide bonds. The Bertz CT molecular complexity index is 534. The number of benzene rings is 1. The minimum atomic E-state index is -0.570. The third-order valence-electron chi connectivity index (χ3n) is 3.05. The highest BCUT2D eigenvalue weighted by Crippen LogP contribution is 2.16. The Morgan fingerprint density at radius 2 is 2.00 bits per heavy atom. The first-order valence-corrected chi connectivity index (χ1v) is 7.65. The maximum Gasteiger partial charge on any atom is 0.119 e. The summed E-state index contributed by atoms with van der Waals surface area (Å²) >= 11 is 3.37. The van der Waals surface area contributed by atoms with Crippen molar-refractivity contribution in [1.82, 2.24) is 10.3 Å². The molecule has 4 nitrogen and oxygen atoms in total. The van der Waals surface area contributed by atoms with Crippen LogP contribution in [0.25, 0.3) is 0 Å². The van der Waals surface area contributed by atoms with Crippen LogP contribution in [0, 0.1) is 0 Å². The topological polar surface area (TPSA) is 54.4 Å². The highest BCUT2D eigenvalue weighted by Gasteiger charge is 2.10. The van der Waals surface area contributed by atoms with E-state index in [1.807, 2.05) is 49.4 Å². The van der Waals surface area contributed by atoms with Crippen molar-refractivity contribution in [2.75, 3.05) is 13.2 Å². The molecule has 0 fully saturated rings. The molecule has 0 radical (unpaired) electrons. The second-order valence-electron chi connectivity index (χ2n) is 4.80. The summed E-state index contributed by atoms with van der Waals surface area (Å²) in [6, 6.07) is 13.4. The van der Waals surface area contributed by atoms with Crippen molar-refractivity contribution in [1.29, 1.82) is 0 Å². The average Bonchev–Trinajstić information content (AvgIpc) is 2.53. The van der Waals surface area contributed by atoms with Gasteiger partial charge >= 0.3 is 0 Å². The van der Waals surface area contributed by atoms with E-state index >= 15 is 0 Å². The van der Waals surface area contributed by atoms with Gasteiger partial charge in [-0.15, -0.1) is 0 Å². The Kier molecular flexibility index (Phi) is 6.17. The molecular weight excluding hydrogens is 332 g/mol. The molecule has 2 N–H and O–H groups in total. The summed E-state index contributed by atoms with van der Waals surface area (Å²) in [5.74, 6) is 0.745. The molecule has 5 heteroatoms. The first kappa shape index (κ1) is 15.9. The predicted octanol–water partition coefficient (Wildman–Crippen LogP) is 2.93. The molecule has 112 valence electrons. The van der Waals surface area contributed by atoms with Crippen LogP contribution in [0.1, 0.15) is 18.7 Å². The van der Waals surface area contributed by atoms with E-state index in [0.717, 1.165) is 15.9 Å². The molecule has 2 aromatic rings. The highest BCUT2D eigenvalue weighted by molar-refractivity contribution is 9.10. The Balaban J connectivity index is 1.72. The van der Waals surface area contributed by atoms with Crippen LogP contribution in [0.2, 0.25) is 0 Å². The van der Waals surface area contributed by atoms with Crippen LogP contribution in [0.3, 0.4) is 0 Å². The summed E-state index contributed by atoms with van der Waals surface area (Å²) in [5.41, 5.74) is 0.957. The van der Waals surface area contributed by atoms with Crippen LogP contribution < -0.4 is 10.1 Å². The third kappa shape index (κ3) is 5.46. The molecule has 1 unspecified atom stereocenters. The minimum absolute atomic E-state index is 0.0912. The SMILES string of the molecule is C[C@H](NCC(O)COc1ccc(Br)cc1)c1ccccn1. The van der Waals surface area contributed by atoms with Crippen molar-refractivity contribution >= 4 is 15.9 Å². The lowest BCUT2D eigenvalue weighted by Gasteiger charge is -2.17. The average molecular weight is 351 g/mol. The van der Waals surface area contributed by atoms with Gasteiger partial charge in [0, 0.05) is 23.3 Å². The summed E-state index contributed by atoms with van der Waals surface area (Å²) in [6.45, 7) is 2.72. The van der Waals surface area contributed by atoms with E-state index < -0.39 is 6.10 Å². The maximum atomic E-state index is 9.94. The Morgan fingerprint density at radius 3 is 2.67 bits per heavy atom. The van der Waals surface area contributed by atoms with Gasteiger partial charge in [0.2, 0.25) is 0 Å². The summed E-state index contributed by atoms with van der Waals surface area (Å²) in [6.07, 6.45) is 1.19. The van der Waals surface area contributed by atoms with Gasteiger partial charge in [-0.25, -0.2) is 0 Å². The van der Waals surface area contributed by atoms with Gasteiger partial charge in [0.25, 0.3) is 0 Å². The Morgan fingerprint density at radius 1 is 1.24 bits per heavy atom. The van der Waals surface area contributed by atoms with E-state index in [1.165, 1.54) is 0 Å². The zero-order chi connectivity index (χ0) is 15.1. The van der Waals surface area contributed by atoms with Gasteiger partial charge in [0.15, 0.2) is 0 Å². The number of ether oxygens (including phenoxy) is 1. The molecule has 0 aliphatic heterocycles. The lowest BCUT2D eigenvalue weighted by molar-refractivity contribution is 0.104. The predicted molar refractivity (Wildman–Crippen MR) is 86.3 cm³/mol. The molecule has 2 atom stereocenters. The number of halogens is 1. The van der Waals surface area contributed by atoms with Crippen molar-refractivity contribution in [3.63, 3.8) is 0 Å². The van der Waals surface area contributed by atoms with E-state index in [4.69, 9.17) is 4.74 Å². The molecule has 0 saturated carbocycles. The van der Waals surface area contributed by atoms with Crippen molar-refractivity contribution in [2.45, 2.75) is 19.1 Å². The fourth-order valence-electron chi connectivity index (χ4n) is 1.83. The standard InChI is InChI=1S/C16H19BrN2O2/c1-12(16-4-2-3-9-18-16)19-10-14(20)11-21-15-7-5-13(17)6-8-15/h2-9,12,14,19-20H,10-11H2,1H3/t12-,14?/m0/s1. The van der Waals surface area contributed by atoms with Gasteiger partial charge in [-0.2, -0.15) is 0 Å². The molecular formula is C16H19BrN2O2. The van der Waals surface area contributed by atoms with Crippen LogP contribution in [0.15, 0.2) is 53.1 Å². The number of aliphatic hydroxyl groups is 1. The summed E-state index contributed by atoms with van der Waals surface area (Å²) < 4.78 is 6.54. The number of rotatable bonds is 7. The number of pyridine rings is 1. The third-order valence-corrected chi connectivity index (χ3v) is 3.58. The monoisotopic (exact) mass is 350 g/mol. The second kappa shape index (κ2) is 8.12. The van der Waals surface area contributed by atoms with Gasteiger partial charge in [-0.3, -0.25) is 4.98 Å². The van der Waals surface area contributed by atoms with E-state index in [-0.39, 0.29) is 12.6 Å². The molecule has 21 heavy (non-hydrogen) atoms. The van der Waals surface area contributed by atoms with Crippen LogP contribution in [0.4, 0.5) is 0 Å². The number of aliphatic hydroxyl groups excluding tert-OH is 1. The van der Waals surface area contributed by atoms with Gasteiger partial charge < -0.3 is 15.2 Å². The first-order chi connectivity index (χ1) is 10.1. The van der Waals surface area contributed by atoms with Gasteiger partial charge in [0.1, 0.15) is 18.5 Å². The molecule has 1 aromatic carbocycles. The number of aromatic nitrogens is 1. The van der Waals surface area contributed by atoms with E-state index in [9.17, 15) is 5.11 Å². The van der Waals surface area contributed by atoms with Gasteiger partial charge in [-0.05, 0) is 43.3 Å². The molecule has 1 aromatic heterocycles. The summed E-state index contributed by atoms with van der Waals surface area (Å²) in [7, 11) is 0. The Hall–Kier alpha value is -1.43. The van der Waals surface area contributed by atoms with Crippen LogP contribution in [0.5, 0.6) is 5.75 Å². The minimum Gasteiger partial charge on any atom is -0.491 e. The number of nitrogens with zero attached hydrogens (tertiary/aromatic N) is 1. The highest BCUT2D eigenvalue weighted by atomic mass is 79.9. The van der Waals surface area contributed by atoms with Crippen molar-refractivity contribution in [3.05, 3.63) is 58.8 Å². The Labute approximate surface area is 133 Å². The zero-order valence-corrected chi connectivity index (χ0v) is 13.5. The summed E-state index contributed by atoms with van der Waals surface area (Å²) in [4.78, 5) is 4.28. The quantitative estimate of drug-likeness (QED) is 0.805. The first-order valence-electron chi connectivity index (χ1n) is 6.86. The number of hydrogen-bond donors (Lipinski definition) is 2. The van der Waals surface area contributed by atoms with E-state index in [1.54, 1.807) is 6.20 Å². The molecule has 0 bridgehead atoms. The van der Waals surface area contributed by atoms with Crippen LogP contribution in [-0.4, -0.2) is 29.3 Å². The largest absolute Gasteiger partial charge is 0.491 e. The second-order valence-corrected chi connectivity index (χ2v) is 5.72.